The molecule has 1 aromatic carbocycles. The first-order valence-electron chi connectivity index (χ1n) is 6.32. The van der Waals surface area contributed by atoms with Crippen molar-refractivity contribution in [2.45, 2.75) is 38.8 Å². The maximum atomic E-state index is 5.86. The van der Waals surface area contributed by atoms with Crippen molar-refractivity contribution < 1.29 is 9.47 Å². The fourth-order valence-electron chi connectivity index (χ4n) is 2.27. The molecule has 0 saturated carbocycles. The van der Waals surface area contributed by atoms with Gasteiger partial charge in [0.25, 0.3) is 0 Å². The summed E-state index contributed by atoms with van der Waals surface area (Å²) in [7, 11) is 1.68. The van der Waals surface area contributed by atoms with E-state index in [2.05, 4.69) is 25.2 Å². The van der Waals surface area contributed by atoms with Gasteiger partial charge in [0, 0.05) is 24.1 Å². The van der Waals surface area contributed by atoms with Gasteiger partial charge in [0.1, 0.15) is 11.5 Å². The van der Waals surface area contributed by atoms with Crippen molar-refractivity contribution in [1.29, 1.82) is 0 Å². The lowest BCUT2D eigenvalue weighted by atomic mass is 9.97. The van der Waals surface area contributed by atoms with Gasteiger partial charge in [-0.05, 0) is 26.0 Å². The van der Waals surface area contributed by atoms with Crippen LogP contribution in [0.3, 0.4) is 0 Å². The fraction of sp³-hybridized carbons (Fsp3) is 0.571. The first-order chi connectivity index (χ1) is 8.24. The molecule has 0 spiro atoms. The van der Waals surface area contributed by atoms with Crippen LogP contribution in [0, 0.1) is 0 Å². The Kier molecular flexibility index (Phi) is 3.89. The first-order valence-corrected chi connectivity index (χ1v) is 6.32. The molecular weight excluding hydrogens is 214 g/mol. The summed E-state index contributed by atoms with van der Waals surface area (Å²) < 4.78 is 11.1. The molecule has 0 aromatic heterocycles. The van der Waals surface area contributed by atoms with Crippen LogP contribution in [0.2, 0.25) is 0 Å². The molecule has 2 rings (SSSR count). The molecular formula is C14H21NO2. The van der Waals surface area contributed by atoms with Gasteiger partial charge in [-0.15, -0.1) is 0 Å². The molecule has 0 aliphatic carbocycles. The summed E-state index contributed by atoms with van der Waals surface area (Å²) in [6.07, 6.45) is 2.43. The Morgan fingerprint density at radius 2 is 2.29 bits per heavy atom. The molecule has 1 aromatic rings. The Balaban J connectivity index is 2.23. The van der Waals surface area contributed by atoms with Crippen molar-refractivity contribution >= 4 is 0 Å². The highest BCUT2D eigenvalue weighted by atomic mass is 16.5. The minimum atomic E-state index is 0.254. The summed E-state index contributed by atoms with van der Waals surface area (Å²) in [5.41, 5.74) is 1.25. The van der Waals surface area contributed by atoms with E-state index in [4.69, 9.17) is 9.47 Å². The number of benzene rings is 1. The molecule has 0 radical (unpaired) electrons. The number of methoxy groups -OCH3 is 1. The van der Waals surface area contributed by atoms with Crippen molar-refractivity contribution in [2.24, 2.45) is 0 Å². The minimum Gasteiger partial charge on any atom is -0.497 e. The van der Waals surface area contributed by atoms with Crippen LogP contribution in [0.25, 0.3) is 0 Å². The van der Waals surface area contributed by atoms with Crippen molar-refractivity contribution in [3.8, 4) is 11.5 Å². The molecule has 1 heterocycles. The van der Waals surface area contributed by atoms with E-state index >= 15 is 0 Å². The van der Waals surface area contributed by atoms with Gasteiger partial charge < -0.3 is 14.8 Å². The highest BCUT2D eigenvalue weighted by molar-refractivity contribution is 5.43. The minimum absolute atomic E-state index is 0.254. The lowest BCUT2D eigenvalue weighted by molar-refractivity contribution is 0.166. The number of hydrogen-bond donors (Lipinski definition) is 1. The monoisotopic (exact) mass is 235 g/mol. The summed E-state index contributed by atoms with van der Waals surface area (Å²) in [5.74, 6) is 1.81. The SMILES string of the molecule is CCCNC1CC(C)Oc2cc(OC)ccc21. The van der Waals surface area contributed by atoms with Crippen molar-refractivity contribution in [3.05, 3.63) is 23.8 Å². The van der Waals surface area contributed by atoms with Crippen molar-refractivity contribution in [1.82, 2.24) is 5.32 Å². The van der Waals surface area contributed by atoms with Gasteiger partial charge in [-0.1, -0.05) is 13.0 Å². The van der Waals surface area contributed by atoms with Gasteiger partial charge in [0.2, 0.25) is 0 Å². The van der Waals surface area contributed by atoms with Crippen molar-refractivity contribution in [3.63, 3.8) is 0 Å². The summed E-state index contributed by atoms with van der Waals surface area (Å²) in [6.45, 7) is 5.34. The van der Waals surface area contributed by atoms with E-state index < -0.39 is 0 Å². The molecule has 1 N–H and O–H groups in total. The quantitative estimate of drug-likeness (QED) is 0.870. The van der Waals surface area contributed by atoms with Crippen LogP contribution in [-0.4, -0.2) is 19.8 Å². The van der Waals surface area contributed by atoms with E-state index in [-0.39, 0.29) is 6.10 Å². The number of hydrogen-bond acceptors (Lipinski definition) is 3. The molecule has 3 heteroatoms. The van der Waals surface area contributed by atoms with Crippen LogP contribution >= 0.6 is 0 Å². The predicted molar refractivity (Wildman–Crippen MR) is 68.7 cm³/mol. The standard InChI is InChI=1S/C14H21NO2/c1-4-7-15-13-8-10(2)17-14-9-11(16-3)5-6-12(13)14/h5-6,9-10,13,15H,4,7-8H2,1-3H3. The third-order valence-electron chi connectivity index (χ3n) is 3.13. The first kappa shape index (κ1) is 12.2. The lowest BCUT2D eigenvalue weighted by Gasteiger charge is -2.31. The van der Waals surface area contributed by atoms with E-state index in [0.717, 1.165) is 30.9 Å². The molecule has 0 saturated heterocycles. The van der Waals surface area contributed by atoms with E-state index in [1.807, 2.05) is 12.1 Å². The Morgan fingerprint density at radius 1 is 1.47 bits per heavy atom. The van der Waals surface area contributed by atoms with E-state index in [1.165, 1.54) is 5.56 Å². The molecule has 3 nitrogen and oxygen atoms in total. The number of fused-ring (bicyclic) bond motifs is 1. The van der Waals surface area contributed by atoms with Crippen LogP contribution in [-0.2, 0) is 0 Å². The van der Waals surface area contributed by atoms with Gasteiger partial charge in [-0.3, -0.25) is 0 Å². The second kappa shape index (κ2) is 5.41. The Morgan fingerprint density at radius 3 is 3.00 bits per heavy atom. The van der Waals surface area contributed by atoms with Crippen LogP contribution in [0.5, 0.6) is 11.5 Å². The summed E-state index contributed by atoms with van der Waals surface area (Å²) >= 11 is 0. The molecule has 0 bridgehead atoms. The van der Waals surface area contributed by atoms with Crippen LogP contribution in [0.15, 0.2) is 18.2 Å². The Labute approximate surface area is 103 Å². The van der Waals surface area contributed by atoms with Crippen molar-refractivity contribution in [2.75, 3.05) is 13.7 Å². The zero-order valence-corrected chi connectivity index (χ0v) is 10.8. The molecule has 1 aliphatic rings. The van der Waals surface area contributed by atoms with Gasteiger partial charge in [-0.2, -0.15) is 0 Å². The van der Waals surface area contributed by atoms with Crippen LogP contribution in [0.4, 0.5) is 0 Å². The molecule has 94 valence electrons. The summed E-state index contributed by atoms with van der Waals surface area (Å²) in [6, 6.07) is 6.48. The molecule has 2 atom stereocenters. The predicted octanol–water partition coefficient (Wildman–Crippen LogP) is 2.91. The average Bonchev–Trinajstić information content (AvgIpc) is 2.34. The van der Waals surface area contributed by atoms with Crippen LogP contribution < -0.4 is 14.8 Å². The van der Waals surface area contributed by atoms with Gasteiger partial charge in [0.15, 0.2) is 0 Å². The second-order valence-corrected chi connectivity index (χ2v) is 4.57. The van der Waals surface area contributed by atoms with Gasteiger partial charge >= 0.3 is 0 Å². The topological polar surface area (TPSA) is 30.5 Å². The third-order valence-corrected chi connectivity index (χ3v) is 3.13. The second-order valence-electron chi connectivity index (χ2n) is 4.57. The van der Waals surface area contributed by atoms with Crippen LogP contribution in [0.1, 0.15) is 38.3 Å². The molecule has 0 amide bonds. The molecule has 1 aliphatic heterocycles. The third kappa shape index (κ3) is 2.72. The van der Waals surface area contributed by atoms with E-state index in [9.17, 15) is 0 Å². The summed E-state index contributed by atoms with van der Waals surface area (Å²) in [5, 5.41) is 3.57. The number of rotatable bonds is 4. The zero-order chi connectivity index (χ0) is 12.3. The Hall–Kier alpha value is -1.22. The maximum absolute atomic E-state index is 5.86. The Bertz CT molecular complexity index is 378. The van der Waals surface area contributed by atoms with Gasteiger partial charge in [-0.25, -0.2) is 0 Å². The highest BCUT2D eigenvalue weighted by Gasteiger charge is 2.25. The number of nitrogens with one attached hydrogen (secondary N) is 1. The molecule has 2 unspecified atom stereocenters. The largest absolute Gasteiger partial charge is 0.497 e. The molecule has 0 fully saturated rings. The van der Waals surface area contributed by atoms with Gasteiger partial charge in [0.05, 0.1) is 13.2 Å². The molecule has 17 heavy (non-hydrogen) atoms. The zero-order valence-electron chi connectivity index (χ0n) is 10.8. The summed E-state index contributed by atoms with van der Waals surface area (Å²) in [4.78, 5) is 0. The maximum Gasteiger partial charge on any atom is 0.128 e. The fourth-order valence-corrected chi connectivity index (χ4v) is 2.27. The van der Waals surface area contributed by atoms with E-state index in [0.29, 0.717) is 6.04 Å². The van der Waals surface area contributed by atoms with E-state index in [1.54, 1.807) is 7.11 Å². The normalized spacial score (nSPS) is 22.8. The number of ether oxygens (including phenoxy) is 2. The highest BCUT2D eigenvalue weighted by Crippen LogP contribution is 2.36. The lowest BCUT2D eigenvalue weighted by Crippen LogP contribution is -2.31. The smallest absolute Gasteiger partial charge is 0.128 e. The average molecular weight is 235 g/mol.